The molecule has 1 unspecified atom stereocenters. The van der Waals surface area contributed by atoms with Crippen LogP contribution in [0.4, 0.5) is 8.78 Å². The quantitative estimate of drug-likeness (QED) is 0.658. The van der Waals surface area contributed by atoms with Gasteiger partial charge in [0, 0.05) is 5.92 Å². The normalized spacial score (nSPS) is 14.6. The van der Waals surface area contributed by atoms with Gasteiger partial charge in [-0.2, -0.15) is 0 Å². The average molecular weight is 226 g/mol. The van der Waals surface area contributed by atoms with Crippen molar-refractivity contribution in [2.24, 2.45) is 5.92 Å². The van der Waals surface area contributed by atoms with E-state index in [9.17, 15) is 8.78 Å². The van der Waals surface area contributed by atoms with Gasteiger partial charge in [0.1, 0.15) is 12.7 Å². The molecule has 0 saturated heterocycles. The Morgan fingerprint density at radius 3 is 2.20 bits per heavy atom. The van der Waals surface area contributed by atoms with Crippen molar-refractivity contribution in [3.05, 3.63) is 0 Å². The molecule has 0 aliphatic heterocycles. The third-order valence-electron chi connectivity index (χ3n) is 2.40. The minimum atomic E-state index is -2.86. The minimum absolute atomic E-state index is 0.258. The Balaban J connectivity index is 3.91. The predicted octanol–water partition coefficient (Wildman–Crippen LogP) is 1.43. The fraction of sp³-hybridized carbons (Fsp3) is 1.00. The molecule has 15 heavy (non-hydrogen) atoms. The van der Waals surface area contributed by atoms with Crippen LogP contribution in [-0.2, 0) is 4.74 Å². The molecular formula is C10H20F2O3. The molecule has 0 amide bonds. The van der Waals surface area contributed by atoms with Crippen LogP contribution in [0.3, 0.4) is 0 Å². The van der Waals surface area contributed by atoms with Gasteiger partial charge in [0.15, 0.2) is 0 Å². The third-order valence-corrected chi connectivity index (χ3v) is 2.40. The first-order valence-electron chi connectivity index (χ1n) is 5.22. The van der Waals surface area contributed by atoms with Gasteiger partial charge < -0.3 is 14.9 Å². The zero-order chi connectivity index (χ0) is 11.9. The average Bonchev–Trinajstić information content (AvgIpc) is 2.18. The molecule has 0 spiro atoms. The third kappa shape index (κ3) is 5.39. The molecular weight excluding hydrogens is 206 g/mol. The van der Waals surface area contributed by atoms with Crippen molar-refractivity contribution in [2.45, 2.75) is 38.7 Å². The zero-order valence-corrected chi connectivity index (χ0v) is 9.25. The highest BCUT2D eigenvalue weighted by Crippen LogP contribution is 2.30. The molecule has 0 aliphatic carbocycles. The Morgan fingerprint density at radius 2 is 1.80 bits per heavy atom. The Kier molecular flexibility index (Phi) is 6.96. The molecule has 0 rings (SSSR count). The molecule has 0 heterocycles. The van der Waals surface area contributed by atoms with E-state index in [1.54, 1.807) is 13.8 Å². The number of aliphatic hydroxyl groups is 2. The van der Waals surface area contributed by atoms with E-state index in [4.69, 9.17) is 10.2 Å². The van der Waals surface area contributed by atoms with Crippen LogP contribution in [0.2, 0.25) is 0 Å². The lowest BCUT2D eigenvalue weighted by Crippen LogP contribution is -2.34. The SMILES string of the molecule is CCC(CC)C(F)(F)COCC(O)CO. The number of halogens is 2. The maximum atomic E-state index is 13.4. The van der Waals surface area contributed by atoms with Crippen molar-refractivity contribution in [1.29, 1.82) is 0 Å². The Hall–Kier alpha value is -0.260. The lowest BCUT2D eigenvalue weighted by Gasteiger charge is -2.25. The molecule has 92 valence electrons. The van der Waals surface area contributed by atoms with E-state index in [1.165, 1.54) is 0 Å². The molecule has 1 atom stereocenters. The van der Waals surface area contributed by atoms with Crippen LogP contribution in [0, 0.1) is 5.92 Å². The molecule has 0 bridgehead atoms. The fourth-order valence-electron chi connectivity index (χ4n) is 1.39. The number of aliphatic hydroxyl groups excluding tert-OH is 2. The van der Waals surface area contributed by atoms with Crippen LogP contribution in [0.5, 0.6) is 0 Å². The molecule has 5 heteroatoms. The minimum Gasteiger partial charge on any atom is -0.394 e. The first-order chi connectivity index (χ1) is 6.97. The number of alkyl halides is 2. The molecule has 0 aromatic heterocycles. The van der Waals surface area contributed by atoms with Crippen LogP contribution in [0.25, 0.3) is 0 Å². The van der Waals surface area contributed by atoms with E-state index < -0.39 is 31.2 Å². The van der Waals surface area contributed by atoms with E-state index in [0.29, 0.717) is 12.8 Å². The van der Waals surface area contributed by atoms with Gasteiger partial charge in [-0.15, -0.1) is 0 Å². The largest absolute Gasteiger partial charge is 0.394 e. The number of ether oxygens (including phenoxy) is 1. The first kappa shape index (κ1) is 14.7. The van der Waals surface area contributed by atoms with Gasteiger partial charge >= 0.3 is 0 Å². The Bertz CT molecular complexity index is 161. The van der Waals surface area contributed by atoms with Crippen LogP contribution in [0.1, 0.15) is 26.7 Å². The molecule has 3 nitrogen and oxygen atoms in total. The van der Waals surface area contributed by atoms with Gasteiger partial charge in [-0.3, -0.25) is 0 Å². The number of rotatable bonds is 8. The van der Waals surface area contributed by atoms with E-state index >= 15 is 0 Å². The molecule has 0 aromatic carbocycles. The summed E-state index contributed by atoms with van der Waals surface area (Å²) < 4.78 is 31.4. The summed E-state index contributed by atoms with van der Waals surface area (Å²) in [6.45, 7) is 1.99. The Morgan fingerprint density at radius 1 is 1.27 bits per heavy atom. The lowest BCUT2D eigenvalue weighted by atomic mass is 9.96. The molecule has 0 radical (unpaired) electrons. The maximum absolute atomic E-state index is 13.4. The van der Waals surface area contributed by atoms with Gasteiger partial charge in [0.2, 0.25) is 0 Å². The standard InChI is InChI=1S/C10H20F2O3/c1-3-8(4-2)10(11,12)7-15-6-9(14)5-13/h8-9,13-14H,3-7H2,1-2H3. The van der Waals surface area contributed by atoms with E-state index in [2.05, 4.69) is 4.74 Å². The predicted molar refractivity (Wildman–Crippen MR) is 52.9 cm³/mol. The molecule has 2 N–H and O–H groups in total. The second-order valence-electron chi connectivity index (χ2n) is 3.63. The first-order valence-corrected chi connectivity index (χ1v) is 5.22. The topological polar surface area (TPSA) is 49.7 Å². The zero-order valence-electron chi connectivity index (χ0n) is 9.25. The van der Waals surface area contributed by atoms with Crippen LogP contribution in [-0.4, -0.2) is 42.1 Å². The summed E-state index contributed by atoms with van der Waals surface area (Å²) in [5, 5.41) is 17.3. The monoisotopic (exact) mass is 226 g/mol. The van der Waals surface area contributed by atoms with Gasteiger partial charge in [-0.1, -0.05) is 13.8 Å². The summed E-state index contributed by atoms with van der Waals surface area (Å²) in [6, 6.07) is 0. The molecule has 0 fully saturated rings. The van der Waals surface area contributed by atoms with Crippen molar-refractivity contribution in [3.8, 4) is 0 Å². The fourth-order valence-corrected chi connectivity index (χ4v) is 1.39. The second-order valence-corrected chi connectivity index (χ2v) is 3.63. The van der Waals surface area contributed by atoms with Gasteiger partial charge in [-0.25, -0.2) is 8.78 Å². The molecule has 0 aliphatic rings. The molecule has 0 aromatic rings. The highest BCUT2D eigenvalue weighted by Gasteiger charge is 2.37. The van der Waals surface area contributed by atoms with Crippen LogP contribution < -0.4 is 0 Å². The summed E-state index contributed by atoms with van der Waals surface area (Å²) in [4.78, 5) is 0. The van der Waals surface area contributed by atoms with Crippen molar-refractivity contribution >= 4 is 0 Å². The Labute approximate surface area is 89.1 Å². The maximum Gasteiger partial charge on any atom is 0.273 e. The van der Waals surface area contributed by atoms with Crippen molar-refractivity contribution in [1.82, 2.24) is 0 Å². The molecule has 0 saturated carbocycles. The van der Waals surface area contributed by atoms with Gasteiger partial charge in [0.05, 0.1) is 13.2 Å². The smallest absolute Gasteiger partial charge is 0.273 e. The highest BCUT2D eigenvalue weighted by atomic mass is 19.3. The van der Waals surface area contributed by atoms with E-state index in [-0.39, 0.29) is 6.61 Å². The van der Waals surface area contributed by atoms with Crippen molar-refractivity contribution in [2.75, 3.05) is 19.8 Å². The summed E-state index contributed by atoms with van der Waals surface area (Å²) in [6.07, 6.45) is -0.285. The lowest BCUT2D eigenvalue weighted by molar-refractivity contribution is -0.130. The van der Waals surface area contributed by atoms with Crippen molar-refractivity contribution in [3.63, 3.8) is 0 Å². The highest BCUT2D eigenvalue weighted by molar-refractivity contribution is 4.74. The van der Waals surface area contributed by atoms with E-state index in [1.807, 2.05) is 0 Å². The van der Waals surface area contributed by atoms with Crippen molar-refractivity contribution < 1.29 is 23.7 Å². The van der Waals surface area contributed by atoms with Gasteiger partial charge in [0.25, 0.3) is 5.92 Å². The number of hydrogen-bond donors (Lipinski definition) is 2. The number of hydrogen-bond acceptors (Lipinski definition) is 3. The van der Waals surface area contributed by atoms with Gasteiger partial charge in [-0.05, 0) is 12.8 Å². The summed E-state index contributed by atoms with van der Waals surface area (Å²) in [5.74, 6) is -3.55. The summed E-state index contributed by atoms with van der Waals surface area (Å²) in [7, 11) is 0. The van der Waals surface area contributed by atoms with E-state index in [0.717, 1.165) is 0 Å². The van der Waals surface area contributed by atoms with Crippen LogP contribution in [0.15, 0.2) is 0 Å². The summed E-state index contributed by atoms with van der Waals surface area (Å²) >= 11 is 0. The van der Waals surface area contributed by atoms with Crippen LogP contribution >= 0.6 is 0 Å². The second kappa shape index (κ2) is 7.09. The summed E-state index contributed by atoms with van der Waals surface area (Å²) in [5.41, 5.74) is 0.